The molecule has 7 nitrogen and oxygen atoms in total. The molecular weight excluding hydrogens is 420 g/mol. The number of carboxylic acid groups (broad SMARTS) is 1. The van der Waals surface area contributed by atoms with Crippen molar-refractivity contribution in [1.82, 2.24) is 10.6 Å². The molecule has 4 rings (SSSR count). The van der Waals surface area contributed by atoms with Crippen LogP contribution >= 0.6 is 0 Å². The summed E-state index contributed by atoms with van der Waals surface area (Å²) >= 11 is 0. The zero-order chi connectivity index (χ0) is 23.4. The Hall–Kier alpha value is -3.35. The number of amides is 2. The molecule has 1 fully saturated rings. The lowest BCUT2D eigenvalue weighted by molar-refractivity contribution is -0.143. The first kappa shape index (κ1) is 22.8. The molecule has 0 bridgehead atoms. The monoisotopic (exact) mass is 450 g/mol. The Labute approximate surface area is 193 Å². The van der Waals surface area contributed by atoms with E-state index in [1.54, 1.807) is 0 Å². The van der Waals surface area contributed by atoms with Gasteiger partial charge in [0, 0.05) is 17.9 Å². The number of rotatable bonds is 9. The molecule has 0 aromatic heterocycles. The maximum atomic E-state index is 12.4. The first-order valence-corrected chi connectivity index (χ1v) is 11.6. The fraction of sp³-hybridized carbons (Fsp3) is 0.423. The highest BCUT2D eigenvalue weighted by molar-refractivity contribution is 5.85. The van der Waals surface area contributed by atoms with Gasteiger partial charge < -0.3 is 20.5 Å². The molecule has 2 aromatic rings. The van der Waals surface area contributed by atoms with Gasteiger partial charge in [0.25, 0.3) is 0 Å². The molecule has 1 atom stereocenters. The SMILES string of the molecule is CCCCC(NC(=O)C1CC(NC(=O)OCC2c3ccccc3-c3ccccc32)C1)C(=O)O. The molecule has 0 radical (unpaired) electrons. The van der Waals surface area contributed by atoms with E-state index >= 15 is 0 Å². The van der Waals surface area contributed by atoms with Crippen LogP contribution in [0.5, 0.6) is 0 Å². The third kappa shape index (κ3) is 5.02. The number of nitrogens with one attached hydrogen (secondary N) is 2. The van der Waals surface area contributed by atoms with Crippen LogP contribution in [0.1, 0.15) is 56.1 Å². The van der Waals surface area contributed by atoms with Crippen molar-refractivity contribution in [2.24, 2.45) is 5.92 Å². The summed E-state index contributed by atoms with van der Waals surface area (Å²) in [6.07, 6.45) is 2.51. The smallest absolute Gasteiger partial charge is 0.407 e. The van der Waals surface area contributed by atoms with E-state index in [1.165, 1.54) is 11.1 Å². The lowest BCUT2D eigenvalue weighted by atomic mass is 9.79. The molecule has 2 amide bonds. The molecule has 1 unspecified atom stereocenters. The van der Waals surface area contributed by atoms with Gasteiger partial charge in [-0.2, -0.15) is 0 Å². The maximum absolute atomic E-state index is 12.4. The zero-order valence-electron chi connectivity index (χ0n) is 18.8. The van der Waals surface area contributed by atoms with E-state index < -0.39 is 18.1 Å². The lowest BCUT2D eigenvalue weighted by Gasteiger charge is -2.35. The van der Waals surface area contributed by atoms with Crippen LogP contribution in [-0.4, -0.2) is 41.8 Å². The second-order valence-electron chi connectivity index (χ2n) is 8.88. The van der Waals surface area contributed by atoms with Crippen molar-refractivity contribution in [3.63, 3.8) is 0 Å². The van der Waals surface area contributed by atoms with Crippen LogP contribution in [0, 0.1) is 5.92 Å². The fourth-order valence-corrected chi connectivity index (χ4v) is 4.71. The van der Waals surface area contributed by atoms with Gasteiger partial charge in [-0.1, -0.05) is 68.3 Å². The first-order valence-electron chi connectivity index (χ1n) is 11.6. The van der Waals surface area contributed by atoms with Crippen molar-refractivity contribution in [2.75, 3.05) is 6.61 Å². The van der Waals surface area contributed by atoms with E-state index in [4.69, 9.17) is 4.74 Å². The third-order valence-electron chi connectivity index (χ3n) is 6.64. The standard InChI is InChI=1S/C26H30N2O5/c1-2-3-12-23(25(30)31)28-24(29)16-13-17(14-16)27-26(32)33-15-22-20-10-6-4-8-18(20)19-9-5-7-11-21(19)22/h4-11,16-17,22-23H,2-3,12-15H2,1H3,(H,27,32)(H,28,29)(H,30,31). The van der Waals surface area contributed by atoms with E-state index in [2.05, 4.69) is 34.9 Å². The average Bonchev–Trinajstić information content (AvgIpc) is 3.10. The van der Waals surface area contributed by atoms with E-state index in [9.17, 15) is 19.5 Å². The number of hydrogen-bond donors (Lipinski definition) is 3. The number of ether oxygens (including phenoxy) is 1. The van der Waals surface area contributed by atoms with Gasteiger partial charge in [0.1, 0.15) is 12.6 Å². The molecule has 2 aliphatic rings. The van der Waals surface area contributed by atoms with Crippen molar-refractivity contribution in [3.05, 3.63) is 59.7 Å². The van der Waals surface area contributed by atoms with Crippen LogP contribution in [-0.2, 0) is 14.3 Å². The minimum Gasteiger partial charge on any atom is -0.480 e. The molecule has 0 heterocycles. The van der Waals surface area contributed by atoms with Gasteiger partial charge in [-0.25, -0.2) is 9.59 Å². The number of unbranched alkanes of at least 4 members (excludes halogenated alkanes) is 1. The van der Waals surface area contributed by atoms with Gasteiger partial charge in [-0.15, -0.1) is 0 Å². The molecular formula is C26H30N2O5. The molecule has 0 aliphatic heterocycles. The lowest BCUT2D eigenvalue weighted by Crippen LogP contribution is -2.52. The first-order chi connectivity index (χ1) is 16.0. The van der Waals surface area contributed by atoms with Crippen molar-refractivity contribution < 1.29 is 24.2 Å². The van der Waals surface area contributed by atoms with E-state index in [0.29, 0.717) is 19.3 Å². The number of aliphatic carboxylic acids is 1. The fourth-order valence-electron chi connectivity index (χ4n) is 4.71. The van der Waals surface area contributed by atoms with Crippen LogP contribution in [0.3, 0.4) is 0 Å². The second-order valence-corrected chi connectivity index (χ2v) is 8.88. The molecule has 0 saturated heterocycles. The number of carboxylic acids is 1. The summed E-state index contributed by atoms with van der Waals surface area (Å²) in [4.78, 5) is 36.1. The second kappa shape index (κ2) is 10.1. The van der Waals surface area contributed by atoms with Gasteiger partial charge >= 0.3 is 12.1 Å². The Morgan fingerprint density at radius 2 is 1.64 bits per heavy atom. The number of benzene rings is 2. The molecule has 1 saturated carbocycles. The quantitative estimate of drug-likeness (QED) is 0.534. The summed E-state index contributed by atoms with van der Waals surface area (Å²) in [5, 5.41) is 14.7. The third-order valence-corrected chi connectivity index (χ3v) is 6.64. The maximum Gasteiger partial charge on any atom is 0.407 e. The predicted octanol–water partition coefficient (Wildman–Crippen LogP) is 4.06. The molecule has 0 spiro atoms. The molecule has 174 valence electrons. The molecule has 7 heteroatoms. The van der Waals surface area contributed by atoms with Crippen LogP contribution in [0.25, 0.3) is 11.1 Å². The van der Waals surface area contributed by atoms with Crippen molar-refractivity contribution >= 4 is 18.0 Å². The number of fused-ring (bicyclic) bond motifs is 3. The highest BCUT2D eigenvalue weighted by Gasteiger charge is 2.37. The Bertz CT molecular complexity index is 985. The zero-order valence-corrected chi connectivity index (χ0v) is 18.8. The van der Waals surface area contributed by atoms with Crippen LogP contribution in [0.15, 0.2) is 48.5 Å². The number of carbonyl (C=O) groups excluding carboxylic acids is 2. The van der Waals surface area contributed by atoms with E-state index in [0.717, 1.165) is 24.0 Å². The average molecular weight is 451 g/mol. The Morgan fingerprint density at radius 3 is 2.21 bits per heavy atom. The van der Waals surface area contributed by atoms with Crippen LogP contribution in [0.4, 0.5) is 4.79 Å². The van der Waals surface area contributed by atoms with Gasteiger partial charge in [-0.05, 0) is 41.5 Å². The molecule has 33 heavy (non-hydrogen) atoms. The molecule has 3 N–H and O–H groups in total. The molecule has 2 aromatic carbocycles. The predicted molar refractivity (Wildman–Crippen MR) is 124 cm³/mol. The minimum atomic E-state index is -1.01. The summed E-state index contributed by atoms with van der Waals surface area (Å²) in [7, 11) is 0. The number of carbonyl (C=O) groups is 3. The normalized spacial score (nSPS) is 19.5. The topological polar surface area (TPSA) is 105 Å². The van der Waals surface area contributed by atoms with Gasteiger partial charge in [0.05, 0.1) is 0 Å². The minimum absolute atomic E-state index is 0.000797. The summed E-state index contributed by atoms with van der Waals surface area (Å²) in [5.74, 6) is -1.56. The largest absolute Gasteiger partial charge is 0.480 e. The van der Waals surface area contributed by atoms with Gasteiger partial charge in [0.2, 0.25) is 5.91 Å². The highest BCUT2D eigenvalue weighted by Crippen LogP contribution is 2.44. The Kier molecular flexibility index (Phi) is 6.96. The van der Waals surface area contributed by atoms with Crippen LogP contribution < -0.4 is 10.6 Å². The van der Waals surface area contributed by atoms with E-state index in [-0.39, 0.29) is 30.4 Å². The van der Waals surface area contributed by atoms with Crippen molar-refractivity contribution in [1.29, 1.82) is 0 Å². The summed E-state index contributed by atoms with van der Waals surface area (Å²) < 4.78 is 5.55. The Morgan fingerprint density at radius 1 is 1.03 bits per heavy atom. The van der Waals surface area contributed by atoms with Gasteiger partial charge in [-0.3, -0.25) is 4.79 Å². The number of alkyl carbamates (subject to hydrolysis) is 1. The van der Waals surface area contributed by atoms with Gasteiger partial charge in [0.15, 0.2) is 0 Å². The summed E-state index contributed by atoms with van der Waals surface area (Å²) in [5.41, 5.74) is 4.66. The summed E-state index contributed by atoms with van der Waals surface area (Å²) in [6.45, 7) is 2.22. The number of hydrogen-bond acceptors (Lipinski definition) is 4. The summed E-state index contributed by atoms with van der Waals surface area (Å²) in [6, 6.07) is 15.3. The van der Waals surface area contributed by atoms with Crippen molar-refractivity contribution in [3.8, 4) is 11.1 Å². The van der Waals surface area contributed by atoms with Crippen LogP contribution in [0.2, 0.25) is 0 Å². The highest BCUT2D eigenvalue weighted by atomic mass is 16.5. The Balaban J connectivity index is 1.24. The van der Waals surface area contributed by atoms with Crippen molar-refractivity contribution in [2.45, 2.75) is 57.0 Å². The molecule has 2 aliphatic carbocycles. The van der Waals surface area contributed by atoms with E-state index in [1.807, 2.05) is 31.2 Å².